The quantitative estimate of drug-likeness (QED) is 0.369. The molecule has 19 heavy (non-hydrogen) atoms. The smallest absolute Gasteiger partial charge is 0.375 e. The van der Waals surface area contributed by atoms with Gasteiger partial charge in [-0.15, -0.1) is 0 Å². The predicted octanol–water partition coefficient (Wildman–Crippen LogP) is 2.82. The minimum absolute atomic E-state index is 0.335. The predicted molar refractivity (Wildman–Crippen MR) is 71.3 cm³/mol. The van der Waals surface area contributed by atoms with E-state index in [1.165, 1.54) is 12.1 Å². The van der Waals surface area contributed by atoms with Crippen LogP contribution in [0.15, 0.2) is 24.3 Å². The Hall–Kier alpha value is -1.68. The summed E-state index contributed by atoms with van der Waals surface area (Å²) in [6, 6.07) is 6.11. The standard InChI is InChI=1S/C14H15ClO4/c1-14(2,3)19-13(18)12(17)8-11(16)9-4-6-10(15)7-5-9/h4-7H,8H2,1-3H3. The molecule has 0 bridgehead atoms. The fourth-order valence-electron chi connectivity index (χ4n) is 1.29. The maximum absolute atomic E-state index is 11.8. The number of rotatable bonds is 4. The zero-order valence-corrected chi connectivity index (χ0v) is 11.8. The third kappa shape index (κ3) is 5.22. The molecule has 0 N–H and O–H groups in total. The Kier molecular flexibility index (Phi) is 4.84. The summed E-state index contributed by atoms with van der Waals surface area (Å²) in [6.07, 6.45) is -0.503. The van der Waals surface area contributed by atoms with E-state index in [2.05, 4.69) is 0 Å². The van der Waals surface area contributed by atoms with E-state index in [0.29, 0.717) is 10.6 Å². The molecule has 1 aromatic carbocycles. The van der Waals surface area contributed by atoms with E-state index in [9.17, 15) is 14.4 Å². The number of carbonyl (C=O) groups excluding carboxylic acids is 3. The van der Waals surface area contributed by atoms with E-state index in [0.717, 1.165) is 0 Å². The van der Waals surface area contributed by atoms with Gasteiger partial charge >= 0.3 is 5.97 Å². The molecule has 0 heterocycles. The van der Waals surface area contributed by atoms with Crippen LogP contribution in [0.4, 0.5) is 0 Å². The number of ketones is 2. The van der Waals surface area contributed by atoms with E-state index in [-0.39, 0.29) is 0 Å². The van der Waals surface area contributed by atoms with Crippen molar-refractivity contribution in [1.29, 1.82) is 0 Å². The van der Waals surface area contributed by atoms with Gasteiger partial charge in [0.2, 0.25) is 5.78 Å². The molecule has 0 aliphatic heterocycles. The maximum atomic E-state index is 11.8. The Bertz CT molecular complexity index is 497. The van der Waals surface area contributed by atoms with Gasteiger partial charge in [0.15, 0.2) is 5.78 Å². The van der Waals surface area contributed by atoms with Crippen LogP contribution in [0, 0.1) is 0 Å². The molecule has 0 atom stereocenters. The topological polar surface area (TPSA) is 60.4 Å². The molecule has 0 unspecified atom stereocenters. The molecule has 4 nitrogen and oxygen atoms in total. The third-order valence-electron chi connectivity index (χ3n) is 2.11. The highest BCUT2D eigenvalue weighted by Crippen LogP contribution is 2.12. The SMILES string of the molecule is CC(C)(C)OC(=O)C(=O)CC(=O)c1ccc(Cl)cc1. The second-order valence-corrected chi connectivity index (χ2v) is 5.47. The van der Waals surface area contributed by atoms with Crippen LogP contribution in [0.5, 0.6) is 0 Å². The normalized spacial score (nSPS) is 10.9. The summed E-state index contributed by atoms with van der Waals surface area (Å²) in [7, 11) is 0. The molecule has 0 aliphatic rings. The molecule has 102 valence electrons. The molecule has 0 aromatic heterocycles. The number of halogens is 1. The van der Waals surface area contributed by atoms with Crippen molar-refractivity contribution in [2.24, 2.45) is 0 Å². The highest BCUT2D eigenvalue weighted by molar-refractivity contribution is 6.38. The van der Waals surface area contributed by atoms with Crippen LogP contribution < -0.4 is 0 Å². The number of Topliss-reactive ketones (excluding diaryl/α,β-unsaturated/α-hetero) is 2. The Morgan fingerprint density at radius 3 is 2.11 bits per heavy atom. The van der Waals surface area contributed by atoms with E-state index < -0.39 is 29.6 Å². The van der Waals surface area contributed by atoms with Gasteiger partial charge < -0.3 is 4.74 Å². The van der Waals surface area contributed by atoms with Gasteiger partial charge in [0.25, 0.3) is 0 Å². The maximum Gasteiger partial charge on any atom is 0.375 e. The van der Waals surface area contributed by atoms with Gasteiger partial charge in [-0.2, -0.15) is 0 Å². The number of ether oxygens (including phenoxy) is 1. The van der Waals surface area contributed by atoms with Crippen LogP contribution in [0.2, 0.25) is 5.02 Å². The minimum atomic E-state index is -0.991. The zero-order valence-electron chi connectivity index (χ0n) is 11.0. The first-order chi connectivity index (χ1) is 8.69. The van der Waals surface area contributed by atoms with Gasteiger partial charge in [-0.05, 0) is 45.0 Å². The summed E-state index contributed by atoms with van der Waals surface area (Å²) in [5.41, 5.74) is -0.419. The average molecular weight is 283 g/mol. The van der Waals surface area contributed by atoms with E-state index in [4.69, 9.17) is 16.3 Å². The lowest BCUT2D eigenvalue weighted by molar-refractivity contribution is -0.162. The molecule has 0 amide bonds. The van der Waals surface area contributed by atoms with Crippen molar-refractivity contribution in [2.75, 3.05) is 0 Å². The number of hydrogen-bond donors (Lipinski definition) is 0. The summed E-state index contributed by atoms with van der Waals surface area (Å²) in [6.45, 7) is 4.96. The Morgan fingerprint density at radius 2 is 1.63 bits per heavy atom. The second-order valence-electron chi connectivity index (χ2n) is 5.03. The number of benzene rings is 1. The van der Waals surface area contributed by atoms with Crippen LogP contribution in [-0.4, -0.2) is 23.1 Å². The first-order valence-electron chi connectivity index (χ1n) is 5.74. The van der Waals surface area contributed by atoms with Crippen molar-refractivity contribution < 1.29 is 19.1 Å². The molecule has 0 spiro atoms. The van der Waals surface area contributed by atoms with E-state index >= 15 is 0 Å². The fraction of sp³-hybridized carbons (Fsp3) is 0.357. The number of esters is 1. The van der Waals surface area contributed by atoms with Gasteiger partial charge in [-0.25, -0.2) is 4.79 Å². The lowest BCUT2D eigenvalue weighted by Crippen LogP contribution is -2.30. The average Bonchev–Trinajstić information content (AvgIpc) is 2.27. The van der Waals surface area contributed by atoms with Crippen molar-refractivity contribution in [1.82, 2.24) is 0 Å². The molecular weight excluding hydrogens is 268 g/mol. The minimum Gasteiger partial charge on any atom is -0.454 e. The van der Waals surface area contributed by atoms with Crippen LogP contribution in [0.3, 0.4) is 0 Å². The summed E-state index contributed by atoms with van der Waals surface area (Å²) in [5, 5.41) is 0.495. The van der Waals surface area contributed by atoms with Crippen molar-refractivity contribution >= 4 is 29.1 Å². The molecular formula is C14H15ClO4. The number of carbonyl (C=O) groups is 3. The zero-order chi connectivity index (χ0) is 14.6. The summed E-state index contributed by atoms with van der Waals surface area (Å²) < 4.78 is 4.89. The van der Waals surface area contributed by atoms with Gasteiger partial charge in [0.1, 0.15) is 5.60 Å². The Morgan fingerprint density at radius 1 is 1.11 bits per heavy atom. The van der Waals surface area contributed by atoms with Gasteiger partial charge in [-0.3, -0.25) is 9.59 Å². The summed E-state index contributed by atoms with van der Waals surface area (Å²) >= 11 is 5.69. The number of hydrogen-bond acceptors (Lipinski definition) is 4. The monoisotopic (exact) mass is 282 g/mol. The third-order valence-corrected chi connectivity index (χ3v) is 2.37. The van der Waals surface area contributed by atoms with Gasteiger partial charge in [0, 0.05) is 10.6 Å². The highest BCUT2D eigenvalue weighted by atomic mass is 35.5. The van der Waals surface area contributed by atoms with Crippen molar-refractivity contribution in [2.45, 2.75) is 32.8 Å². The second kappa shape index (κ2) is 5.97. The summed E-state index contributed by atoms with van der Waals surface area (Å²) in [4.78, 5) is 34.7. The van der Waals surface area contributed by atoms with Crippen LogP contribution in [0.25, 0.3) is 0 Å². The van der Waals surface area contributed by atoms with E-state index in [1.807, 2.05) is 0 Å². The van der Waals surface area contributed by atoms with Crippen LogP contribution >= 0.6 is 11.6 Å². The lowest BCUT2D eigenvalue weighted by atomic mass is 10.1. The van der Waals surface area contributed by atoms with Crippen molar-refractivity contribution in [3.05, 3.63) is 34.9 Å². The first kappa shape index (κ1) is 15.4. The van der Waals surface area contributed by atoms with Crippen molar-refractivity contribution in [3.63, 3.8) is 0 Å². The summed E-state index contributed by atoms with van der Waals surface area (Å²) in [5.74, 6) is -2.28. The fourth-order valence-corrected chi connectivity index (χ4v) is 1.42. The van der Waals surface area contributed by atoms with Crippen molar-refractivity contribution in [3.8, 4) is 0 Å². The molecule has 1 aromatic rings. The molecule has 0 aliphatic carbocycles. The lowest BCUT2D eigenvalue weighted by Gasteiger charge is -2.18. The Balaban J connectivity index is 2.64. The highest BCUT2D eigenvalue weighted by Gasteiger charge is 2.25. The molecule has 0 saturated heterocycles. The molecule has 0 fully saturated rings. The van der Waals surface area contributed by atoms with Crippen LogP contribution in [0.1, 0.15) is 37.6 Å². The van der Waals surface area contributed by atoms with Gasteiger partial charge in [-0.1, -0.05) is 11.6 Å². The first-order valence-corrected chi connectivity index (χ1v) is 6.12. The molecule has 5 heteroatoms. The van der Waals surface area contributed by atoms with Crippen LogP contribution in [-0.2, 0) is 14.3 Å². The Labute approximate surface area is 116 Å². The molecule has 0 radical (unpaired) electrons. The molecule has 0 saturated carbocycles. The largest absolute Gasteiger partial charge is 0.454 e. The molecule has 1 rings (SSSR count). The van der Waals surface area contributed by atoms with E-state index in [1.54, 1.807) is 32.9 Å². The van der Waals surface area contributed by atoms with Gasteiger partial charge in [0.05, 0.1) is 6.42 Å².